The summed E-state index contributed by atoms with van der Waals surface area (Å²) in [5, 5.41) is 3.14. The maximum Gasteiger partial charge on any atom is 0.187 e. The van der Waals surface area contributed by atoms with E-state index in [1.54, 1.807) is 12.3 Å². The van der Waals surface area contributed by atoms with Gasteiger partial charge in [0.1, 0.15) is 0 Å². The van der Waals surface area contributed by atoms with E-state index in [1.807, 2.05) is 36.4 Å². The van der Waals surface area contributed by atoms with Crippen molar-refractivity contribution in [1.29, 1.82) is 0 Å². The molecule has 0 atom stereocenters. The van der Waals surface area contributed by atoms with Crippen LogP contribution >= 0.6 is 0 Å². The van der Waals surface area contributed by atoms with Crippen LogP contribution in [0, 0.1) is 0 Å². The minimum atomic E-state index is 0.00612. The van der Waals surface area contributed by atoms with E-state index in [2.05, 4.69) is 45.1 Å². The minimum Gasteiger partial charge on any atom is -0.362 e. The lowest BCUT2D eigenvalue weighted by Crippen LogP contribution is -1.97. The third-order valence-electron chi connectivity index (χ3n) is 3.92. The van der Waals surface area contributed by atoms with Gasteiger partial charge in [-0.05, 0) is 35.1 Å². The number of ketones is 1. The van der Waals surface area contributed by atoms with Gasteiger partial charge in [0.05, 0.1) is 0 Å². The van der Waals surface area contributed by atoms with Crippen molar-refractivity contribution in [3.63, 3.8) is 0 Å². The molecule has 0 unspecified atom stereocenters. The highest BCUT2D eigenvalue weighted by molar-refractivity contribution is 6.04. The number of hydrogen-bond donors (Lipinski definition) is 1. The molecule has 0 aliphatic rings. The van der Waals surface area contributed by atoms with Crippen molar-refractivity contribution in [1.82, 2.24) is 0 Å². The average molecular weight is 307 g/mol. The monoisotopic (exact) mass is 307 g/mol. The van der Waals surface area contributed by atoms with Gasteiger partial charge in [0, 0.05) is 23.5 Å². The van der Waals surface area contributed by atoms with Gasteiger partial charge in [0.25, 0.3) is 0 Å². The lowest BCUT2D eigenvalue weighted by Gasteiger charge is -2.07. The van der Waals surface area contributed by atoms with Crippen molar-refractivity contribution in [2.45, 2.75) is 39.5 Å². The highest BCUT2D eigenvalue weighted by Crippen LogP contribution is 2.17. The number of hydrogen-bond acceptors (Lipinski definition) is 2. The van der Waals surface area contributed by atoms with Crippen LogP contribution in [0.5, 0.6) is 0 Å². The van der Waals surface area contributed by atoms with Crippen LogP contribution in [-0.4, -0.2) is 5.78 Å². The van der Waals surface area contributed by atoms with Gasteiger partial charge in [-0.15, -0.1) is 0 Å². The van der Waals surface area contributed by atoms with E-state index in [-0.39, 0.29) is 5.78 Å². The van der Waals surface area contributed by atoms with Gasteiger partial charge in [0.2, 0.25) is 0 Å². The fourth-order valence-corrected chi connectivity index (χ4v) is 2.31. The third kappa shape index (κ3) is 4.82. The van der Waals surface area contributed by atoms with E-state index in [0.717, 1.165) is 5.69 Å². The Morgan fingerprint density at radius 3 is 1.78 bits per heavy atom. The predicted molar refractivity (Wildman–Crippen MR) is 98.2 cm³/mol. The van der Waals surface area contributed by atoms with E-state index in [1.165, 1.54) is 11.1 Å². The standard InChI is InChI=1S/C21H25NO/c1-15(2)17-5-7-19(8-6-17)21(23)13-14-22-20-11-9-18(10-12-20)16(3)4/h5-16,22H,1-4H3/b14-13+. The molecule has 0 saturated carbocycles. The van der Waals surface area contributed by atoms with Crippen LogP contribution in [-0.2, 0) is 0 Å². The summed E-state index contributed by atoms with van der Waals surface area (Å²) in [6.45, 7) is 8.63. The zero-order chi connectivity index (χ0) is 16.8. The molecular formula is C21H25NO. The second-order valence-corrected chi connectivity index (χ2v) is 6.40. The minimum absolute atomic E-state index is 0.00612. The van der Waals surface area contributed by atoms with Gasteiger partial charge in [-0.25, -0.2) is 0 Å². The molecule has 2 nitrogen and oxygen atoms in total. The first-order valence-electron chi connectivity index (χ1n) is 8.14. The number of benzene rings is 2. The maximum absolute atomic E-state index is 12.1. The molecule has 120 valence electrons. The zero-order valence-electron chi connectivity index (χ0n) is 14.3. The van der Waals surface area contributed by atoms with E-state index >= 15 is 0 Å². The first-order chi connectivity index (χ1) is 11.0. The van der Waals surface area contributed by atoms with Gasteiger partial charge < -0.3 is 5.32 Å². The van der Waals surface area contributed by atoms with Gasteiger partial charge in [-0.1, -0.05) is 64.1 Å². The molecule has 2 heteroatoms. The summed E-state index contributed by atoms with van der Waals surface area (Å²) >= 11 is 0. The van der Waals surface area contributed by atoms with Gasteiger partial charge >= 0.3 is 0 Å². The molecule has 0 saturated heterocycles. The van der Waals surface area contributed by atoms with Crippen molar-refractivity contribution >= 4 is 11.5 Å². The first-order valence-corrected chi connectivity index (χ1v) is 8.14. The van der Waals surface area contributed by atoms with Crippen LogP contribution in [0.3, 0.4) is 0 Å². The summed E-state index contributed by atoms with van der Waals surface area (Å²) < 4.78 is 0. The molecule has 2 rings (SSSR count). The molecule has 1 N–H and O–H groups in total. The molecular weight excluding hydrogens is 282 g/mol. The fraction of sp³-hybridized carbons (Fsp3) is 0.286. The highest BCUT2D eigenvalue weighted by atomic mass is 16.1. The predicted octanol–water partition coefficient (Wildman–Crippen LogP) is 5.74. The van der Waals surface area contributed by atoms with Crippen LogP contribution in [0.25, 0.3) is 0 Å². The largest absolute Gasteiger partial charge is 0.362 e. The van der Waals surface area contributed by atoms with Crippen LogP contribution in [0.4, 0.5) is 5.69 Å². The Bertz CT molecular complexity index is 664. The Morgan fingerprint density at radius 2 is 1.30 bits per heavy atom. The fourth-order valence-electron chi connectivity index (χ4n) is 2.31. The second kappa shape index (κ2) is 7.77. The Kier molecular flexibility index (Phi) is 5.75. The molecule has 0 bridgehead atoms. The quantitative estimate of drug-likeness (QED) is 0.544. The molecule has 0 heterocycles. The van der Waals surface area contributed by atoms with Gasteiger partial charge in [0.15, 0.2) is 5.78 Å². The van der Waals surface area contributed by atoms with Gasteiger partial charge in [-0.2, -0.15) is 0 Å². The van der Waals surface area contributed by atoms with E-state index in [4.69, 9.17) is 0 Å². The second-order valence-electron chi connectivity index (χ2n) is 6.40. The number of nitrogens with one attached hydrogen (secondary N) is 1. The SMILES string of the molecule is CC(C)c1ccc(N/C=C/C(=O)c2ccc(C(C)C)cc2)cc1. The van der Waals surface area contributed by atoms with Crippen molar-refractivity contribution in [3.05, 3.63) is 77.5 Å². The molecule has 0 amide bonds. The molecule has 0 fully saturated rings. The van der Waals surface area contributed by atoms with Crippen LogP contribution < -0.4 is 5.32 Å². The molecule has 0 spiro atoms. The van der Waals surface area contributed by atoms with Crippen molar-refractivity contribution in [2.24, 2.45) is 0 Å². The number of carbonyl (C=O) groups is 1. The summed E-state index contributed by atoms with van der Waals surface area (Å²) in [5.41, 5.74) is 4.24. The lowest BCUT2D eigenvalue weighted by atomic mass is 10.0. The van der Waals surface area contributed by atoms with Crippen LogP contribution in [0.2, 0.25) is 0 Å². The normalized spacial score (nSPS) is 11.4. The number of allylic oxidation sites excluding steroid dienone is 1. The molecule has 0 aliphatic heterocycles. The summed E-state index contributed by atoms with van der Waals surface area (Å²) in [5.74, 6) is 1.01. The smallest absolute Gasteiger partial charge is 0.187 e. The van der Waals surface area contributed by atoms with Crippen LogP contribution in [0.15, 0.2) is 60.8 Å². The average Bonchev–Trinajstić information content (AvgIpc) is 2.55. The van der Waals surface area contributed by atoms with Crippen molar-refractivity contribution in [2.75, 3.05) is 5.32 Å². The molecule has 0 radical (unpaired) electrons. The Morgan fingerprint density at radius 1 is 0.826 bits per heavy atom. The Hall–Kier alpha value is -2.35. The van der Waals surface area contributed by atoms with Gasteiger partial charge in [-0.3, -0.25) is 4.79 Å². The summed E-state index contributed by atoms with van der Waals surface area (Å²) in [6.07, 6.45) is 3.27. The molecule has 0 aromatic heterocycles. The number of rotatable bonds is 6. The highest BCUT2D eigenvalue weighted by Gasteiger charge is 2.03. The zero-order valence-corrected chi connectivity index (χ0v) is 14.3. The molecule has 2 aromatic carbocycles. The van der Waals surface area contributed by atoms with Crippen molar-refractivity contribution < 1.29 is 4.79 Å². The van der Waals surface area contributed by atoms with E-state index in [0.29, 0.717) is 17.4 Å². The first kappa shape index (κ1) is 17.0. The number of carbonyl (C=O) groups excluding carboxylic acids is 1. The molecule has 2 aromatic rings. The Labute approximate surface area is 139 Å². The summed E-state index contributed by atoms with van der Waals surface area (Å²) in [6, 6.07) is 16.1. The number of anilines is 1. The maximum atomic E-state index is 12.1. The van der Waals surface area contributed by atoms with Crippen LogP contribution in [0.1, 0.15) is 61.0 Å². The summed E-state index contributed by atoms with van der Waals surface area (Å²) in [7, 11) is 0. The van der Waals surface area contributed by atoms with E-state index < -0.39 is 0 Å². The molecule has 0 aliphatic carbocycles. The summed E-state index contributed by atoms with van der Waals surface area (Å²) in [4.78, 5) is 12.1. The third-order valence-corrected chi connectivity index (χ3v) is 3.92. The van der Waals surface area contributed by atoms with E-state index in [9.17, 15) is 4.79 Å². The topological polar surface area (TPSA) is 29.1 Å². The lowest BCUT2D eigenvalue weighted by molar-refractivity contribution is 0.104. The Balaban J connectivity index is 1.95. The molecule has 23 heavy (non-hydrogen) atoms. The van der Waals surface area contributed by atoms with Crippen molar-refractivity contribution in [3.8, 4) is 0 Å².